The van der Waals surface area contributed by atoms with Crippen molar-refractivity contribution in [1.82, 2.24) is 9.97 Å². The van der Waals surface area contributed by atoms with Gasteiger partial charge in [-0.2, -0.15) is 0 Å². The van der Waals surface area contributed by atoms with Crippen LogP contribution in [0.25, 0.3) is 22.2 Å². The van der Waals surface area contributed by atoms with Gasteiger partial charge in [-0.3, -0.25) is 0 Å². The maximum atomic E-state index is 14.6. The van der Waals surface area contributed by atoms with Crippen LogP contribution in [-0.2, 0) is 6.42 Å². The Morgan fingerprint density at radius 2 is 1.52 bits per heavy atom. The lowest BCUT2D eigenvalue weighted by atomic mass is 10.1. The number of aryl methyl sites for hydroxylation is 1. The summed E-state index contributed by atoms with van der Waals surface area (Å²) in [6, 6.07) is 11.9. The van der Waals surface area contributed by atoms with Crippen molar-refractivity contribution in [2.45, 2.75) is 26.2 Å². The molecule has 0 aliphatic carbocycles. The highest BCUT2D eigenvalue weighted by molar-refractivity contribution is 5.84. The molecular formula is C26H19F3N2. The highest BCUT2D eigenvalue weighted by atomic mass is 19.2. The Kier molecular flexibility index (Phi) is 5.99. The van der Waals surface area contributed by atoms with Gasteiger partial charge in [0.05, 0.1) is 5.56 Å². The molecule has 0 unspecified atom stereocenters. The second-order valence-corrected chi connectivity index (χ2v) is 7.29. The first-order valence-corrected chi connectivity index (χ1v) is 10.0. The van der Waals surface area contributed by atoms with Crippen molar-refractivity contribution in [3.05, 3.63) is 95.1 Å². The molecule has 2 nitrogen and oxygen atoms in total. The molecule has 0 saturated carbocycles. The number of fused-ring (bicyclic) bond motifs is 1. The Morgan fingerprint density at radius 3 is 2.23 bits per heavy atom. The third-order valence-corrected chi connectivity index (χ3v) is 4.97. The van der Waals surface area contributed by atoms with Gasteiger partial charge < -0.3 is 0 Å². The summed E-state index contributed by atoms with van der Waals surface area (Å²) in [5.41, 5.74) is 2.45. The summed E-state index contributed by atoms with van der Waals surface area (Å²) >= 11 is 0. The Balaban J connectivity index is 1.56. The number of rotatable bonds is 4. The maximum Gasteiger partial charge on any atom is 0.159 e. The van der Waals surface area contributed by atoms with Gasteiger partial charge in [-0.25, -0.2) is 23.1 Å². The molecule has 0 N–H and O–H groups in total. The molecule has 31 heavy (non-hydrogen) atoms. The van der Waals surface area contributed by atoms with E-state index in [0.717, 1.165) is 37.0 Å². The van der Waals surface area contributed by atoms with Gasteiger partial charge in [0.1, 0.15) is 5.82 Å². The molecule has 4 rings (SSSR count). The molecule has 0 aliphatic heterocycles. The summed E-state index contributed by atoms with van der Waals surface area (Å²) < 4.78 is 41.4. The van der Waals surface area contributed by atoms with Gasteiger partial charge in [0, 0.05) is 23.5 Å². The summed E-state index contributed by atoms with van der Waals surface area (Å²) in [7, 11) is 0. The molecule has 0 fully saturated rings. The van der Waals surface area contributed by atoms with Crippen LogP contribution in [0.15, 0.2) is 60.9 Å². The minimum absolute atomic E-state index is 0.230. The number of halogens is 3. The number of unbranched alkanes of at least 4 members (excludes halogenated alkanes) is 1. The Hall–Kier alpha value is -3.65. The second-order valence-electron chi connectivity index (χ2n) is 7.29. The number of hydrogen-bond acceptors (Lipinski definition) is 2. The number of nitrogens with zero attached hydrogens (tertiary/aromatic N) is 2. The standard InChI is InChI=1S/C26H19F3N2/c1-2-3-4-18-15-30-26(31-16-18)21-10-9-19(23(27)13-21)7-5-17-6-8-20-12-24(28)25(29)14-22(20)11-17/h6,8-16H,2-4H2,1H3. The van der Waals surface area contributed by atoms with Crippen molar-refractivity contribution in [2.24, 2.45) is 0 Å². The molecule has 0 saturated heterocycles. The molecule has 5 heteroatoms. The van der Waals surface area contributed by atoms with Crippen LogP contribution in [0.3, 0.4) is 0 Å². The maximum absolute atomic E-state index is 14.6. The van der Waals surface area contributed by atoms with Crippen molar-refractivity contribution in [1.29, 1.82) is 0 Å². The van der Waals surface area contributed by atoms with Crippen LogP contribution < -0.4 is 0 Å². The molecule has 1 aromatic heterocycles. The van der Waals surface area contributed by atoms with Crippen molar-refractivity contribution >= 4 is 10.8 Å². The topological polar surface area (TPSA) is 25.8 Å². The molecule has 154 valence electrons. The third-order valence-electron chi connectivity index (χ3n) is 4.97. The minimum Gasteiger partial charge on any atom is -0.236 e. The van der Waals surface area contributed by atoms with Gasteiger partial charge in [0.15, 0.2) is 17.5 Å². The molecule has 4 aromatic rings. The molecule has 0 amide bonds. The van der Waals surface area contributed by atoms with Crippen molar-refractivity contribution in [3.63, 3.8) is 0 Å². The summed E-state index contributed by atoms with van der Waals surface area (Å²) in [5, 5.41) is 1.10. The Labute approximate surface area is 178 Å². The predicted molar refractivity (Wildman–Crippen MR) is 116 cm³/mol. The van der Waals surface area contributed by atoms with E-state index in [1.54, 1.807) is 42.7 Å². The number of benzene rings is 3. The molecule has 0 aliphatic rings. The van der Waals surface area contributed by atoms with Crippen LogP contribution in [0.1, 0.15) is 36.5 Å². The van der Waals surface area contributed by atoms with Gasteiger partial charge in [0.2, 0.25) is 0 Å². The van der Waals surface area contributed by atoms with Crippen molar-refractivity contribution < 1.29 is 13.2 Å². The van der Waals surface area contributed by atoms with E-state index in [1.165, 1.54) is 6.07 Å². The average molecular weight is 416 g/mol. The molecule has 0 spiro atoms. The van der Waals surface area contributed by atoms with E-state index in [0.29, 0.717) is 27.7 Å². The summed E-state index contributed by atoms with van der Waals surface area (Å²) in [6.07, 6.45) is 6.66. The Bertz CT molecular complexity index is 1300. The van der Waals surface area contributed by atoms with Crippen LogP contribution in [0.2, 0.25) is 0 Å². The molecule has 0 bridgehead atoms. The van der Waals surface area contributed by atoms with E-state index >= 15 is 0 Å². The first-order valence-electron chi connectivity index (χ1n) is 10.0. The first kappa shape index (κ1) is 20.6. The average Bonchev–Trinajstić information content (AvgIpc) is 2.78. The smallest absolute Gasteiger partial charge is 0.159 e. The molecule has 3 aromatic carbocycles. The zero-order valence-electron chi connectivity index (χ0n) is 16.9. The van der Waals surface area contributed by atoms with Crippen LogP contribution in [-0.4, -0.2) is 9.97 Å². The lowest BCUT2D eigenvalue weighted by Gasteiger charge is -2.04. The molecule has 0 radical (unpaired) electrons. The van der Waals surface area contributed by atoms with E-state index in [1.807, 2.05) is 0 Å². The van der Waals surface area contributed by atoms with E-state index in [4.69, 9.17) is 0 Å². The zero-order chi connectivity index (χ0) is 21.8. The van der Waals surface area contributed by atoms with Crippen molar-refractivity contribution in [2.75, 3.05) is 0 Å². The van der Waals surface area contributed by atoms with Crippen LogP contribution in [0.4, 0.5) is 13.2 Å². The van der Waals surface area contributed by atoms with E-state index in [-0.39, 0.29) is 5.56 Å². The largest absolute Gasteiger partial charge is 0.236 e. The predicted octanol–water partition coefficient (Wildman–Crippen LogP) is 6.46. The van der Waals surface area contributed by atoms with Gasteiger partial charge >= 0.3 is 0 Å². The quantitative estimate of drug-likeness (QED) is 0.357. The number of aromatic nitrogens is 2. The Morgan fingerprint density at radius 1 is 0.774 bits per heavy atom. The van der Waals surface area contributed by atoms with Crippen LogP contribution >= 0.6 is 0 Å². The summed E-state index contributed by atoms with van der Waals surface area (Å²) in [6.45, 7) is 2.13. The van der Waals surface area contributed by atoms with E-state index in [9.17, 15) is 13.2 Å². The van der Waals surface area contributed by atoms with Gasteiger partial charge in [-0.05, 0) is 71.6 Å². The highest BCUT2D eigenvalue weighted by Crippen LogP contribution is 2.21. The molecule has 1 heterocycles. The van der Waals surface area contributed by atoms with Gasteiger partial charge in [-0.1, -0.05) is 31.3 Å². The van der Waals surface area contributed by atoms with Gasteiger partial charge in [0.25, 0.3) is 0 Å². The molecular weight excluding hydrogens is 397 g/mol. The van der Waals surface area contributed by atoms with Crippen LogP contribution in [0, 0.1) is 29.3 Å². The van der Waals surface area contributed by atoms with E-state index < -0.39 is 17.5 Å². The van der Waals surface area contributed by atoms with E-state index in [2.05, 4.69) is 28.7 Å². The van der Waals surface area contributed by atoms with Crippen molar-refractivity contribution in [3.8, 4) is 23.2 Å². The highest BCUT2D eigenvalue weighted by Gasteiger charge is 2.07. The summed E-state index contributed by atoms with van der Waals surface area (Å²) in [5.74, 6) is 3.85. The normalized spacial score (nSPS) is 10.7. The fraction of sp³-hybridized carbons (Fsp3) is 0.154. The lowest BCUT2D eigenvalue weighted by Crippen LogP contribution is -1.94. The summed E-state index contributed by atoms with van der Waals surface area (Å²) in [4.78, 5) is 8.67. The third kappa shape index (κ3) is 4.75. The molecule has 0 atom stereocenters. The number of hydrogen-bond donors (Lipinski definition) is 0. The van der Waals surface area contributed by atoms with Gasteiger partial charge in [-0.15, -0.1) is 0 Å². The SMILES string of the molecule is CCCCc1cnc(-c2ccc(C#Cc3ccc4cc(F)c(F)cc4c3)c(F)c2)nc1. The lowest BCUT2D eigenvalue weighted by molar-refractivity contribution is 0.511. The second kappa shape index (κ2) is 9.01. The van der Waals surface area contributed by atoms with Crippen LogP contribution in [0.5, 0.6) is 0 Å². The zero-order valence-corrected chi connectivity index (χ0v) is 16.9. The fourth-order valence-electron chi connectivity index (χ4n) is 3.23. The fourth-order valence-corrected chi connectivity index (χ4v) is 3.23. The minimum atomic E-state index is -0.917. The monoisotopic (exact) mass is 416 g/mol. The first-order chi connectivity index (χ1) is 15.0.